The van der Waals surface area contributed by atoms with Crippen LogP contribution < -0.4 is 5.32 Å². The van der Waals surface area contributed by atoms with Crippen molar-refractivity contribution < 1.29 is 13.2 Å². The molecule has 5 nitrogen and oxygen atoms in total. The summed E-state index contributed by atoms with van der Waals surface area (Å²) in [6, 6.07) is 5.77. The molecule has 1 N–H and O–H groups in total. The lowest BCUT2D eigenvalue weighted by molar-refractivity contribution is -0.113. The minimum absolute atomic E-state index is 0.0781. The number of benzene rings is 1. The van der Waals surface area contributed by atoms with Crippen molar-refractivity contribution in [1.82, 2.24) is 4.98 Å². The monoisotopic (exact) mass is 384 g/mol. The molecule has 1 aromatic heterocycles. The highest BCUT2D eigenvalue weighted by atomic mass is 35.5. The molecule has 0 saturated heterocycles. The van der Waals surface area contributed by atoms with Gasteiger partial charge >= 0.3 is 0 Å². The van der Waals surface area contributed by atoms with Crippen LogP contribution in [0.1, 0.15) is 23.9 Å². The third-order valence-electron chi connectivity index (χ3n) is 3.93. The zero-order chi connectivity index (χ0) is 17.3. The fourth-order valence-electron chi connectivity index (χ4n) is 2.65. The van der Waals surface area contributed by atoms with Gasteiger partial charge in [-0.25, -0.2) is 13.4 Å². The Morgan fingerprint density at radius 2 is 2.08 bits per heavy atom. The smallest absolute Gasteiger partial charge is 0.241 e. The minimum Gasteiger partial charge on any atom is -0.301 e. The minimum atomic E-state index is -3.70. The van der Waals surface area contributed by atoms with Crippen LogP contribution in [-0.2, 0) is 27.5 Å². The van der Waals surface area contributed by atoms with Crippen LogP contribution in [0, 0.1) is 5.92 Å². The number of nitrogens with zero attached hydrogens (tertiary/aromatic N) is 1. The van der Waals surface area contributed by atoms with E-state index in [1.165, 1.54) is 40.5 Å². The molecule has 0 fully saturated rings. The second-order valence-electron chi connectivity index (χ2n) is 6.00. The lowest BCUT2D eigenvalue weighted by Crippen LogP contribution is -2.23. The van der Waals surface area contributed by atoms with Crippen LogP contribution in [0.25, 0.3) is 0 Å². The first-order chi connectivity index (χ1) is 11.3. The van der Waals surface area contributed by atoms with Gasteiger partial charge < -0.3 is 5.32 Å². The largest absolute Gasteiger partial charge is 0.301 e. The van der Waals surface area contributed by atoms with Crippen molar-refractivity contribution in [2.45, 2.75) is 31.1 Å². The van der Waals surface area contributed by atoms with E-state index in [9.17, 15) is 13.2 Å². The van der Waals surface area contributed by atoms with Crippen LogP contribution in [-0.4, -0.2) is 25.1 Å². The van der Waals surface area contributed by atoms with Crippen LogP contribution in [0.15, 0.2) is 29.2 Å². The molecule has 2 aromatic rings. The van der Waals surface area contributed by atoms with Gasteiger partial charge in [-0.2, -0.15) is 0 Å². The molecule has 0 saturated carbocycles. The zero-order valence-corrected chi connectivity index (χ0v) is 15.5. The predicted octanol–water partition coefficient (Wildman–Crippen LogP) is 3.33. The van der Waals surface area contributed by atoms with Gasteiger partial charge in [0.15, 0.2) is 15.0 Å². The number of fused-ring (bicyclic) bond motifs is 1. The highest BCUT2D eigenvalue weighted by molar-refractivity contribution is 7.92. The molecule has 0 aliphatic heterocycles. The Bertz CT molecular complexity index is 860. The summed E-state index contributed by atoms with van der Waals surface area (Å²) in [5.74, 6) is -0.578. The molecule has 1 aliphatic carbocycles. The van der Waals surface area contributed by atoms with Crippen LogP contribution in [0.5, 0.6) is 0 Å². The van der Waals surface area contributed by atoms with E-state index in [4.69, 9.17) is 11.6 Å². The van der Waals surface area contributed by atoms with E-state index in [1.54, 1.807) is 0 Å². The van der Waals surface area contributed by atoms with Gasteiger partial charge in [-0.3, -0.25) is 4.79 Å². The number of nitrogens with one attached hydrogen (secondary N) is 1. The number of sulfone groups is 1. The highest BCUT2D eigenvalue weighted by Crippen LogP contribution is 2.32. The molecule has 1 atom stereocenters. The van der Waals surface area contributed by atoms with Crippen molar-refractivity contribution in [3.63, 3.8) is 0 Å². The zero-order valence-electron chi connectivity index (χ0n) is 13.1. The lowest BCUT2D eigenvalue weighted by Gasteiger charge is -2.15. The molecule has 1 unspecified atom stereocenters. The Kier molecular flexibility index (Phi) is 4.94. The van der Waals surface area contributed by atoms with Crippen LogP contribution in [0.2, 0.25) is 5.02 Å². The van der Waals surface area contributed by atoms with Crippen molar-refractivity contribution in [3.8, 4) is 0 Å². The van der Waals surface area contributed by atoms with Crippen molar-refractivity contribution >= 4 is 43.8 Å². The quantitative estimate of drug-likeness (QED) is 0.877. The van der Waals surface area contributed by atoms with Crippen molar-refractivity contribution in [3.05, 3.63) is 39.9 Å². The van der Waals surface area contributed by atoms with Gasteiger partial charge in [0.25, 0.3) is 0 Å². The standard InChI is InChI=1S/C16H17ClN2O3S2/c1-10-2-7-13-14(8-10)23-16(18-13)19-15(20)9-24(21,22)12-5-3-11(17)4-6-12/h3-6,10H,2,7-9H2,1H3,(H,18,19,20). The van der Waals surface area contributed by atoms with Gasteiger partial charge in [-0.05, 0) is 49.4 Å². The molecular weight excluding hydrogens is 368 g/mol. The lowest BCUT2D eigenvalue weighted by atomic mass is 9.93. The van der Waals surface area contributed by atoms with E-state index >= 15 is 0 Å². The van der Waals surface area contributed by atoms with E-state index in [0.717, 1.165) is 25.0 Å². The van der Waals surface area contributed by atoms with E-state index in [2.05, 4.69) is 17.2 Å². The summed E-state index contributed by atoms with van der Waals surface area (Å²) in [5.41, 5.74) is 1.02. The van der Waals surface area contributed by atoms with Crippen molar-refractivity contribution in [1.29, 1.82) is 0 Å². The number of thiazole rings is 1. The van der Waals surface area contributed by atoms with Gasteiger partial charge in [0.1, 0.15) is 5.75 Å². The highest BCUT2D eigenvalue weighted by Gasteiger charge is 2.23. The Morgan fingerprint density at radius 1 is 1.38 bits per heavy atom. The van der Waals surface area contributed by atoms with Crippen LogP contribution in [0.4, 0.5) is 5.13 Å². The maximum absolute atomic E-state index is 12.3. The maximum atomic E-state index is 12.3. The summed E-state index contributed by atoms with van der Waals surface area (Å²) in [7, 11) is -3.70. The number of aromatic nitrogens is 1. The van der Waals surface area contributed by atoms with Gasteiger partial charge in [0.2, 0.25) is 5.91 Å². The topological polar surface area (TPSA) is 76.1 Å². The van der Waals surface area contributed by atoms with E-state index in [1.807, 2.05) is 0 Å². The van der Waals surface area contributed by atoms with E-state index in [0.29, 0.717) is 16.1 Å². The van der Waals surface area contributed by atoms with E-state index < -0.39 is 21.5 Å². The summed E-state index contributed by atoms with van der Waals surface area (Å²) in [6.45, 7) is 2.19. The molecule has 24 heavy (non-hydrogen) atoms. The average Bonchev–Trinajstić information content (AvgIpc) is 2.88. The molecular formula is C16H17ClN2O3S2. The summed E-state index contributed by atoms with van der Waals surface area (Å²) in [5, 5.41) is 3.54. The second kappa shape index (κ2) is 6.82. The Hall–Kier alpha value is -1.44. The first-order valence-corrected chi connectivity index (χ1v) is 10.4. The fourth-order valence-corrected chi connectivity index (χ4v) is 5.09. The summed E-state index contributed by atoms with van der Waals surface area (Å²) >= 11 is 7.19. The van der Waals surface area contributed by atoms with Gasteiger partial charge in [0.05, 0.1) is 10.6 Å². The average molecular weight is 385 g/mol. The number of aryl methyl sites for hydroxylation is 1. The maximum Gasteiger partial charge on any atom is 0.241 e. The molecule has 3 rings (SSSR count). The number of halogens is 1. The summed E-state index contributed by atoms with van der Waals surface area (Å²) in [6.07, 6.45) is 2.97. The number of rotatable bonds is 4. The van der Waals surface area contributed by atoms with Crippen LogP contribution >= 0.6 is 22.9 Å². The number of anilines is 1. The summed E-state index contributed by atoms with van der Waals surface area (Å²) < 4.78 is 24.5. The van der Waals surface area contributed by atoms with Crippen LogP contribution in [0.3, 0.4) is 0 Å². The Balaban J connectivity index is 1.68. The first kappa shape index (κ1) is 17.4. The molecule has 8 heteroatoms. The third-order valence-corrected chi connectivity index (χ3v) is 6.85. The molecule has 1 aliphatic rings. The van der Waals surface area contributed by atoms with Crippen molar-refractivity contribution in [2.75, 3.05) is 11.1 Å². The number of carbonyl (C=O) groups is 1. The number of carbonyl (C=O) groups excluding carboxylic acids is 1. The second-order valence-corrected chi connectivity index (χ2v) is 9.51. The Labute approximate surface area is 150 Å². The van der Waals surface area contributed by atoms with Crippen molar-refractivity contribution in [2.24, 2.45) is 5.92 Å². The SMILES string of the molecule is CC1CCc2nc(NC(=O)CS(=O)(=O)c3ccc(Cl)cc3)sc2C1. The number of hydrogen-bond donors (Lipinski definition) is 1. The van der Waals surface area contributed by atoms with E-state index in [-0.39, 0.29) is 4.90 Å². The third kappa shape index (κ3) is 3.96. The first-order valence-electron chi connectivity index (χ1n) is 7.60. The molecule has 0 bridgehead atoms. The van der Waals surface area contributed by atoms with Gasteiger partial charge in [0, 0.05) is 9.90 Å². The molecule has 0 radical (unpaired) electrons. The normalized spacial score (nSPS) is 17.3. The molecule has 1 heterocycles. The Morgan fingerprint density at radius 3 is 2.79 bits per heavy atom. The predicted molar refractivity (Wildman–Crippen MR) is 95.4 cm³/mol. The number of amides is 1. The van der Waals surface area contributed by atoms with Gasteiger partial charge in [-0.1, -0.05) is 18.5 Å². The molecule has 1 amide bonds. The number of hydrogen-bond acceptors (Lipinski definition) is 5. The van der Waals surface area contributed by atoms with Gasteiger partial charge in [-0.15, -0.1) is 11.3 Å². The summed E-state index contributed by atoms with van der Waals surface area (Å²) in [4.78, 5) is 17.8. The fraction of sp³-hybridized carbons (Fsp3) is 0.375. The molecule has 1 aromatic carbocycles. The molecule has 0 spiro atoms. The molecule has 128 valence electrons.